The second-order valence-electron chi connectivity index (χ2n) is 6.96. The van der Waals surface area contributed by atoms with Crippen molar-refractivity contribution in [3.63, 3.8) is 0 Å². The molecule has 0 aliphatic carbocycles. The molecule has 1 amide bonds. The van der Waals surface area contributed by atoms with Gasteiger partial charge in [-0.3, -0.25) is 4.79 Å². The highest BCUT2D eigenvalue weighted by Crippen LogP contribution is 2.34. The maximum atomic E-state index is 12.9. The first-order valence-corrected chi connectivity index (χ1v) is 9.83. The lowest BCUT2D eigenvalue weighted by Gasteiger charge is -2.18. The number of amides is 1. The van der Waals surface area contributed by atoms with Gasteiger partial charge >= 0.3 is 0 Å². The Morgan fingerprint density at radius 2 is 1.90 bits per heavy atom. The zero-order valence-corrected chi connectivity index (χ0v) is 16.8. The molecule has 4 heterocycles. The molecule has 0 fully saturated rings. The van der Waals surface area contributed by atoms with Crippen molar-refractivity contribution in [2.45, 2.75) is 6.92 Å². The van der Waals surface area contributed by atoms with E-state index in [9.17, 15) is 4.79 Å². The van der Waals surface area contributed by atoms with Crippen molar-refractivity contribution in [2.24, 2.45) is 0 Å². The first-order chi connectivity index (χ1) is 15.2. The van der Waals surface area contributed by atoms with E-state index in [1.165, 1.54) is 6.20 Å². The van der Waals surface area contributed by atoms with E-state index in [4.69, 9.17) is 9.47 Å². The van der Waals surface area contributed by atoms with Gasteiger partial charge in [-0.05, 0) is 49.4 Å². The standard InChI is InChI=1S/C23H19N5O3/c1-15-17(14-25-28(15)22-7-2-3-10-24-22)23(29)27-21-6-4-5-18(26-21)16-8-9-19-20(13-16)31-12-11-30-19/h2-10,13-14H,11-12H2,1H3,(H,26,27,29). The third-order valence-electron chi connectivity index (χ3n) is 4.95. The fourth-order valence-electron chi connectivity index (χ4n) is 3.39. The summed E-state index contributed by atoms with van der Waals surface area (Å²) in [5.41, 5.74) is 2.74. The average Bonchev–Trinajstić information content (AvgIpc) is 3.21. The Balaban J connectivity index is 1.38. The predicted molar refractivity (Wildman–Crippen MR) is 115 cm³/mol. The molecule has 0 saturated heterocycles. The number of pyridine rings is 2. The number of anilines is 1. The van der Waals surface area contributed by atoms with Crippen LogP contribution in [0.1, 0.15) is 16.1 Å². The van der Waals surface area contributed by atoms with Crippen LogP contribution >= 0.6 is 0 Å². The van der Waals surface area contributed by atoms with Gasteiger partial charge in [0, 0.05) is 11.8 Å². The van der Waals surface area contributed by atoms with Gasteiger partial charge in [0.25, 0.3) is 5.91 Å². The average molecular weight is 413 g/mol. The molecule has 8 nitrogen and oxygen atoms in total. The van der Waals surface area contributed by atoms with Gasteiger partial charge in [-0.25, -0.2) is 14.6 Å². The predicted octanol–water partition coefficient (Wildman–Crippen LogP) is 3.66. The van der Waals surface area contributed by atoms with Crippen molar-refractivity contribution in [2.75, 3.05) is 18.5 Å². The molecule has 0 atom stereocenters. The van der Waals surface area contributed by atoms with Gasteiger partial charge in [-0.1, -0.05) is 12.1 Å². The van der Waals surface area contributed by atoms with Gasteiger partial charge in [-0.2, -0.15) is 5.10 Å². The van der Waals surface area contributed by atoms with Crippen LogP contribution in [0.3, 0.4) is 0 Å². The third-order valence-corrected chi connectivity index (χ3v) is 4.95. The minimum absolute atomic E-state index is 0.286. The molecule has 3 aromatic heterocycles. The summed E-state index contributed by atoms with van der Waals surface area (Å²) in [4.78, 5) is 21.7. The fraction of sp³-hybridized carbons (Fsp3) is 0.130. The van der Waals surface area contributed by atoms with Crippen molar-refractivity contribution < 1.29 is 14.3 Å². The van der Waals surface area contributed by atoms with Crippen molar-refractivity contribution >= 4 is 11.7 Å². The summed E-state index contributed by atoms with van der Waals surface area (Å²) in [5.74, 6) is 2.23. The van der Waals surface area contributed by atoms with E-state index in [1.54, 1.807) is 16.9 Å². The highest BCUT2D eigenvalue weighted by atomic mass is 16.6. The van der Waals surface area contributed by atoms with E-state index < -0.39 is 0 Å². The monoisotopic (exact) mass is 413 g/mol. The van der Waals surface area contributed by atoms with E-state index in [1.807, 2.05) is 55.5 Å². The highest BCUT2D eigenvalue weighted by molar-refractivity contribution is 6.04. The molecule has 0 spiro atoms. The Bertz CT molecular complexity index is 1250. The summed E-state index contributed by atoms with van der Waals surface area (Å²) in [7, 11) is 0. The zero-order chi connectivity index (χ0) is 21.2. The van der Waals surface area contributed by atoms with Crippen LogP contribution in [0, 0.1) is 6.92 Å². The summed E-state index contributed by atoms with van der Waals surface area (Å²) in [6.07, 6.45) is 3.22. The number of aromatic nitrogens is 4. The van der Waals surface area contributed by atoms with Crippen LogP contribution in [-0.4, -0.2) is 38.9 Å². The Morgan fingerprint density at radius 3 is 2.74 bits per heavy atom. The lowest BCUT2D eigenvalue weighted by atomic mass is 10.1. The summed E-state index contributed by atoms with van der Waals surface area (Å²) in [6, 6.07) is 16.7. The van der Waals surface area contributed by atoms with Crippen LogP contribution in [0.5, 0.6) is 11.5 Å². The molecular weight excluding hydrogens is 394 g/mol. The second kappa shape index (κ2) is 7.91. The van der Waals surface area contributed by atoms with Gasteiger partial charge < -0.3 is 14.8 Å². The van der Waals surface area contributed by atoms with Crippen molar-refractivity contribution in [1.82, 2.24) is 19.7 Å². The molecule has 0 radical (unpaired) electrons. The molecule has 0 bridgehead atoms. The molecule has 1 N–H and O–H groups in total. The maximum absolute atomic E-state index is 12.9. The van der Waals surface area contributed by atoms with Crippen molar-refractivity contribution in [3.05, 3.63) is 78.2 Å². The largest absolute Gasteiger partial charge is 0.486 e. The molecule has 1 aromatic carbocycles. The van der Waals surface area contributed by atoms with E-state index in [0.717, 1.165) is 17.0 Å². The van der Waals surface area contributed by atoms with Crippen LogP contribution in [0.25, 0.3) is 17.1 Å². The molecule has 5 rings (SSSR count). The summed E-state index contributed by atoms with van der Waals surface area (Å²) >= 11 is 0. The zero-order valence-electron chi connectivity index (χ0n) is 16.8. The molecule has 154 valence electrons. The smallest absolute Gasteiger partial charge is 0.260 e. The third kappa shape index (κ3) is 3.71. The number of benzene rings is 1. The Morgan fingerprint density at radius 1 is 1.03 bits per heavy atom. The minimum Gasteiger partial charge on any atom is -0.486 e. The van der Waals surface area contributed by atoms with Crippen LogP contribution in [0.15, 0.2) is 67.0 Å². The lowest BCUT2D eigenvalue weighted by molar-refractivity contribution is 0.102. The first kappa shape index (κ1) is 18.8. The number of carbonyl (C=O) groups is 1. The van der Waals surface area contributed by atoms with E-state index in [2.05, 4.69) is 20.4 Å². The normalized spacial score (nSPS) is 12.4. The quantitative estimate of drug-likeness (QED) is 0.549. The Hall–Kier alpha value is -4.20. The number of rotatable bonds is 4. The van der Waals surface area contributed by atoms with Crippen molar-refractivity contribution in [3.8, 4) is 28.6 Å². The van der Waals surface area contributed by atoms with Crippen LogP contribution in [-0.2, 0) is 0 Å². The number of hydrogen-bond acceptors (Lipinski definition) is 6. The molecule has 1 aliphatic rings. The summed E-state index contributed by atoms with van der Waals surface area (Å²) in [6.45, 7) is 2.89. The Kier molecular flexibility index (Phi) is 4.80. The van der Waals surface area contributed by atoms with Gasteiger partial charge in [0.05, 0.1) is 23.1 Å². The number of nitrogens with one attached hydrogen (secondary N) is 1. The second-order valence-corrected chi connectivity index (χ2v) is 6.96. The van der Waals surface area contributed by atoms with Gasteiger partial charge in [0.1, 0.15) is 19.0 Å². The molecule has 1 aliphatic heterocycles. The molecule has 8 heteroatoms. The summed E-state index contributed by atoms with van der Waals surface area (Å²) in [5, 5.41) is 7.16. The fourth-order valence-corrected chi connectivity index (χ4v) is 3.39. The lowest BCUT2D eigenvalue weighted by Crippen LogP contribution is -2.15. The molecule has 4 aromatic rings. The number of nitrogens with zero attached hydrogens (tertiary/aromatic N) is 4. The number of hydrogen-bond donors (Lipinski definition) is 1. The van der Waals surface area contributed by atoms with Gasteiger partial charge in [-0.15, -0.1) is 0 Å². The molecule has 31 heavy (non-hydrogen) atoms. The SMILES string of the molecule is Cc1c(C(=O)Nc2cccc(-c3ccc4c(c3)OCCO4)n2)cnn1-c1ccccn1. The van der Waals surface area contributed by atoms with Gasteiger partial charge in [0.2, 0.25) is 0 Å². The van der Waals surface area contributed by atoms with Crippen LogP contribution in [0.2, 0.25) is 0 Å². The van der Waals surface area contributed by atoms with E-state index in [0.29, 0.717) is 41.9 Å². The van der Waals surface area contributed by atoms with Crippen LogP contribution < -0.4 is 14.8 Å². The molecule has 0 unspecified atom stereocenters. The summed E-state index contributed by atoms with van der Waals surface area (Å²) < 4.78 is 12.9. The highest BCUT2D eigenvalue weighted by Gasteiger charge is 2.17. The van der Waals surface area contributed by atoms with Crippen molar-refractivity contribution in [1.29, 1.82) is 0 Å². The Labute approximate surface area is 178 Å². The minimum atomic E-state index is -0.286. The molecule has 0 saturated carbocycles. The van der Waals surface area contributed by atoms with E-state index >= 15 is 0 Å². The number of fused-ring (bicyclic) bond motifs is 1. The van der Waals surface area contributed by atoms with E-state index in [-0.39, 0.29) is 5.91 Å². The molecular formula is C23H19N5O3. The van der Waals surface area contributed by atoms with Gasteiger partial charge in [0.15, 0.2) is 17.3 Å². The topological polar surface area (TPSA) is 91.2 Å². The number of carbonyl (C=O) groups excluding carboxylic acids is 1. The van der Waals surface area contributed by atoms with Crippen LogP contribution in [0.4, 0.5) is 5.82 Å². The number of ether oxygens (including phenoxy) is 2. The maximum Gasteiger partial charge on any atom is 0.260 e. The first-order valence-electron chi connectivity index (χ1n) is 9.83.